The van der Waals surface area contributed by atoms with E-state index in [0.717, 1.165) is 33.8 Å². The molecule has 1 saturated carbocycles. The molecule has 1 aliphatic rings. The van der Waals surface area contributed by atoms with Crippen LogP contribution in [0.1, 0.15) is 24.2 Å². The van der Waals surface area contributed by atoms with E-state index in [9.17, 15) is 0 Å². The number of hydrogen-bond donors (Lipinski definition) is 0. The van der Waals surface area contributed by atoms with Crippen LogP contribution in [-0.4, -0.2) is 14.6 Å². The number of aromatic nitrogens is 3. The number of nitrogens with zero attached hydrogens (tertiary/aromatic N) is 3. The van der Waals surface area contributed by atoms with E-state index < -0.39 is 0 Å². The van der Waals surface area contributed by atoms with Crippen LogP contribution in [0.2, 0.25) is 5.02 Å². The molecule has 0 spiro atoms. The van der Waals surface area contributed by atoms with Gasteiger partial charge in [0.2, 0.25) is 0 Å². The van der Waals surface area contributed by atoms with Gasteiger partial charge in [-0.3, -0.25) is 4.40 Å². The van der Waals surface area contributed by atoms with Crippen molar-refractivity contribution < 1.29 is 0 Å². The van der Waals surface area contributed by atoms with Crippen LogP contribution < -0.4 is 0 Å². The average Bonchev–Trinajstić information content (AvgIpc) is 3.14. The summed E-state index contributed by atoms with van der Waals surface area (Å²) >= 11 is 9.49. The number of benzene rings is 1. The smallest absolute Gasteiger partial charge is 0.160 e. The summed E-state index contributed by atoms with van der Waals surface area (Å²) in [4.78, 5) is 0. The Labute approximate surface area is 129 Å². The van der Waals surface area contributed by atoms with Crippen LogP contribution in [0.4, 0.5) is 0 Å². The molecule has 0 amide bonds. The Bertz CT molecular complexity index is 790. The molecule has 2 heterocycles. The van der Waals surface area contributed by atoms with Crippen molar-refractivity contribution in [3.05, 3.63) is 63.5 Å². The molecule has 1 aromatic carbocycles. The Morgan fingerprint density at radius 3 is 2.50 bits per heavy atom. The lowest BCUT2D eigenvalue weighted by molar-refractivity contribution is 0.739. The standard InChI is InChI=1S/C15H11BrClN3/c16-11-3-6-13-18-19-14(20(13)9-11)15(7-8-15)10-1-4-12(17)5-2-10/h1-6,9H,7-8H2. The Morgan fingerprint density at radius 2 is 1.80 bits per heavy atom. The van der Waals surface area contributed by atoms with Gasteiger partial charge in [-0.15, -0.1) is 10.2 Å². The summed E-state index contributed by atoms with van der Waals surface area (Å²) < 4.78 is 3.10. The SMILES string of the molecule is Clc1ccc(C2(c3nnc4ccc(Br)cn34)CC2)cc1. The molecule has 0 bridgehead atoms. The number of fused-ring (bicyclic) bond motifs is 1. The molecule has 5 heteroatoms. The van der Waals surface area contributed by atoms with Crippen LogP contribution in [0.25, 0.3) is 5.65 Å². The molecule has 1 fully saturated rings. The van der Waals surface area contributed by atoms with Crippen LogP contribution in [-0.2, 0) is 5.41 Å². The maximum absolute atomic E-state index is 5.98. The largest absolute Gasteiger partial charge is 0.285 e. The van der Waals surface area contributed by atoms with Gasteiger partial charge in [0, 0.05) is 15.7 Å². The second-order valence-electron chi connectivity index (χ2n) is 5.19. The highest BCUT2D eigenvalue weighted by molar-refractivity contribution is 9.10. The maximum Gasteiger partial charge on any atom is 0.160 e. The van der Waals surface area contributed by atoms with Crippen molar-refractivity contribution >= 4 is 33.2 Å². The zero-order chi connectivity index (χ0) is 13.7. The molecule has 0 aliphatic heterocycles. The summed E-state index contributed by atoms with van der Waals surface area (Å²) in [6.45, 7) is 0. The van der Waals surface area contributed by atoms with Crippen molar-refractivity contribution in [3.63, 3.8) is 0 Å². The molecular formula is C15H11BrClN3. The third-order valence-electron chi connectivity index (χ3n) is 3.94. The van der Waals surface area contributed by atoms with E-state index in [4.69, 9.17) is 11.6 Å². The highest BCUT2D eigenvalue weighted by atomic mass is 79.9. The Kier molecular flexibility index (Phi) is 2.66. The van der Waals surface area contributed by atoms with Crippen molar-refractivity contribution in [3.8, 4) is 0 Å². The van der Waals surface area contributed by atoms with Crippen molar-refractivity contribution in [2.45, 2.75) is 18.3 Å². The lowest BCUT2D eigenvalue weighted by atomic mass is 9.95. The minimum absolute atomic E-state index is 0.00913. The molecule has 0 unspecified atom stereocenters. The first kappa shape index (κ1) is 12.4. The third-order valence-corrected chi connectivity index (χ3v) is 4.66. The van der Waals surface area contributed by atoms with E-state index in [2.05, 4.69) is 42.7 Å². The van der Waals surface area contributed by atoms with Crippen molar-refractivity contribution in [1.29, 1.82) is 0 Å². The minimum Gasteiger partial charge on any atom is -0.285 e. The second-order valence-corrected chi connectivity index (χ2v) is 6.54. The van der Waals surface area contributed by atoms with E-state index in [1.807, 2.05) is 30.5 Å². The van der Waals surface area contributed by atoms with Gasteiger partial charge < -0.3 is 0 Å². The highest BCUT2D eigenvalue weighted by Crippen LogP contribution is 2.52. The van der Waals surface area contributed by atoms with Crippen LogP contribution in [0.15, 0.2) is 47.1 Å². The number of hydrogen-bond acceptors (Lipinski definition) is 2. The zero-order valence-electron chi connectivity index (χ0n) is 10.6. The van der Waals surface area contributed by atoms with Gasteiger partial charge >= 0.3 is 0 Å². The van der Waals surface area contributed by atoms with Crippen LogP contribution in [0.5, 0.6) is 0 Å². The van der Waals surface area contributed by atoms with Crippen molar-refractivity contribution in [1.82, 2.24) is 14.6 Å². The first-order chi connectivity index (χ1) is 9.69. The average molecular weight is 349 g/mol. The molecular weight excluding hydrogens is 338 g/mol. The zero-order valence-corrected chi connectivity index (χ0v) is 12.9. The molecule has 0 atom stereocenters. The normalized spacial score (nSPS) is 16.5. The molecule has 20 heavy (non-hydrogen) atoms. The molecule has 2 aromatic heterocycles. The first-order valence-corrected chi connectivity index (χ1v) is 7.63. The van der Waals surface area contributed by atoms with Crippen molar-refractivity contribution in [2.75, 3.05) is 0 Å². The predicted octanol–water partition coefficient (Wildman–Crippen LogP) is 4.23. The van der Waals surface area contributed by atoms with Gasteiger partial charge in [0.15, 0.2) is 5.65 Å². The topological polar surface area (TPSA) is 30.2 Å². The van der Waals surface area contributed by atoms with Crippen LogP contribution in [0.3, 0.4) is 0 Å². The fourth-order valence-corrected chi connectivity index (χ4v) is 3.19. The molecule has 0 radical (unpaired) electrons. The van der Waals surface area contributed by atoms with E-state index in [1.54, 1.807) is 0 Å². The van der Waals surface area contributed by atoms with E-state index >= 15 is 0 Å². The lowest BCUT2D eigenvalue weighted by Gasteiger charge is -2.14. The second kappa shape index (κ2) is 4.30. The molecule has 1 aliphatic carbocycles. The van der Waals surface area contributed by atoms with Gasteiger partial charge in [-0.1, -0.05) is 23.7 Å². The molecule has 0 N–H and O–H groups in total. The monoisotopic (exact) mass is 347 g/mol. The van der Waals surface area contributed by atoms with Gasteiger partial charge in [0.05, 0.1) is 5.41 Å². The third kappa shape index (κ3) is 1.79. The highest BCUT2D eigenvalue weighted by Gasteiger charge is 2.49. The van der Waals surface area contributed by atoms with Crippen LogP contribution in [0, 0.1) is 0 Å². The van der Waals surface area contributed by atoms with E-state index in [1.165, 1.54) is 5.56 Å². The van der Waals surface area contributed by atoms with E-state index in [0.29, 0.717) is 0 Å². The Balaban J connectivity index is 1.90. The summed E-state index contributed by atoms with van der Waals surface area (Å²) in [5.41, 5.74) is 2.13. The quantitative estimate of drug-likeness (QED) is 0.694. The van der Waals surface area contributed by atoms with E-state index in [-0.39, 0.29) is 5.41 Å². The summed E-state index contributed by atoms with van der Waals surface area (Å²) in [5.74, 6) is 1.01. The summed E-state index contributed by atoms with van der Waals surface area (Å²) in [6.07, 6.45) is 4.23. The molecule has 100 valence electrons. The van der Waals surface area contributed by atoms with Gasteiger partial charge in [-0.05, 0) is 58.6 Å². The fourth-order valence-electron chi connectivity index (χ4n) is 2.73. The fraction of sp³-hybridized carbons (Fsp3) is 0.200. The molecule has 0 saturated heterocycles. The number of halogens is 2. The summed E-state index contributed by atoms with van der Waals surface area (Å²) in [7, 11) is 0. The van der Waals surface area contributed by atoms with Gasteiger partial charge in [0.25, 0.3) is 0 Å². The summed E-state index contributed by atoms with van der Waals surface area (Å²) in [5, 5.41) is 9.47. The first-order valence-electron chi connectivity index (χ1n) is 6.46. The molecule has 4 rings (SSSR count). The number of pyridine rings is 1. The van der Waals surface area contributed by atoms with Crippen LogP contribution >= 0.6 is 27.5 Å². The molecule has 3 nitrogen and oxygen atoms in total. The summed E-state index contributed by atoms with van der Waals surface area (Å²) in [6, 6.07) is 12.0. The number of rotatable bonds is 2. The Morgan fingerprint density at radius 1 is 1.05 bits per heavy atom. The molecule has 3 aromatic rings. The lowest BCUT2D eigenvalue weighted by Crippen LogP contribution is -2.13. The minimum atomic E-state index is -0.00913. The van der Waals surface area contributed by atoms with Crippen molar-refractivity contribution in [2.24, 2.45) is 0 Å². The maximum atomic E-state index is 5.98. The van der Waals surface area contributed by atoms with Gasteiger partial charge in [-0.25, -0.2) is 0 Å². The van der Waals surface area contributed by atoms with Gasteiger partial charge in [-0.2, -0.15) is 0 Å². The van der Waals surface area contributed by atoms with Gasteiger partial charge in [0.1, 0.15) is 5.82 Å². The Hall–Kier alpha value is -1.39. The predicted molar refractivity (Wildman–Crippen MR) is 82.2 cm³/mol.